The number of hydrogen-bond donors (Lipinski definition) is 1. The van der Waals surface area contributed by atoms with Crippen molar-refractivity contribution in [2.24, 2.45) is 0 Å². The van der Waals surface area contributed by atoms with Crippen LogP contribution in [0.2, 0.25) is 5.02 Å². The third-order valence-corrected chi connectivity index (χ3v) is 3.78. The van der Waals surface area contributed by atoms with E-state index in [4.69, 9.17) is 20.4 Å². The Morgan fingerprint density at radius 1 is 1.00 bits per heavy atom. The van der Waals surface area contributed by atoms with Gasteiger partial charge in [-0.1, -0.05) is 23.7 Å². The molecule has 0 bridgehead atoms. The summed E-state index contributed by atoms with van der Waals surface area (Å²) in [5.41, 5.74) is 2.06. The summed E-state index contributed by atoms with van der Waals surface area (Å²) in [5.74, 6) is 2.63. The Balaban J connectivity index is 0.00000176. The first-order valence-corrected chi connectivity index (χ1v) is 7.19. The van der Waals surface area contributed by atoms with E-state index in [0.29, 0.717) is 13.1 Å². The standard InChI is InChI=1S/C17H16ClNO2.ClH/c1-12-15(5-2-6-16(12)18)17-8-7-14(21-17)11-19-10-13-4-3-9-20-13;/h2-9,19H,10-11H2,1H3;1H/p-1. The zero-order valence-corrected chi connectivity index (χ0v) is 13.6. The number of nitrogens with one attached hydrogen (secondary N) is 1. The van der Waals surface area contributed by atoms with E-state index in [2.05, 4.69) is 5.32 Å². The maximum absolute atomic E-state index is 6.15. The van der Waals surface area contributed by atoms with Crippen LogP contribution in [0.5, 0.6) is 0 Å². The molecule has 3 aromatic rings. The molecule has 0 spiro atoms. The quantitative estimate of drug-likeness (QED) is 0.772. The lowest BCUT2D eigenvalue weighted by Crippen LogP contribution is -3.00. The van der Waals surface area contributed by atoms with Gasteiger partial charge in [-0.15, -0.1) is 0 Å². The van der Waals surface area contributed by atoms with Crippen LogP contribution in [0.25, 0.3) is 11.3 Å². The SMILES string of the molecule is Cc1c(Cl)cccc1-c1ccc(CNCc2ccco2)o1.[Cl-]. The van der Waals surface area contributed by atoms with Crippen molar-refractivity contribution in [2.75, 3.05) is 0 Å². The molecule has 0 radical (unpaired) electrons. The fraction of sp³-hybridized carbons (Fsp3) is 0.176. The molecule has 0 aliphatic rings. The van der Waals surface area contributed by atoms with Gasteiger partial charge in [0, 0.05) is 10.6 Å². The number of furan rings is 2. The zero-order valence-electron chi connectivity index (χ0n) is 12.1. The highest BCUT2D eigenvalue weighted by molar-refractivity contribution is 6.31. The summed E-state index contributed by atoms with van der Waals surface area (Å²) in [4.78, 5) is 0. The molecule has 0 aliphatic carbocycles. The zero-order chi connectivity index (χ0) is 14.7. The average molecular weight is 337 g/mol. The first-order chi connectivity index (χ1) is 10.2. The fourth-order valence-electron chi connectivity index (χ4n) is 2.21. The molecule has 5 heteroatoms. The van der Waals surface area contributed by atoms with Crippen molar-refractivity contribution in [3.63, 3.8) is 0 Å². The number of rotatable bonds is 5. The lowest BCUT2D eigenvalue weighted by Gasteiger charge is -2.04. The van der Waals surface area contributed by atoms with Gasteiger partial charge < -0.3 is 26.6 Å². The molecule has 1 aromatic carbocycles. The molecule has 0 fully saturated rings. The van der Waals surface area contributed by atoms with E-state index < -0.39 is 0 Å². The third-order valence-electron chi connectivity index (χ3n) is 3.37. The van der Waals surface area contributed by atoms with E-state index in [1.54, 1.807) is 6.26 Å². The van der Waals surface area contributed by atoms with Crippen molar-refractivity contribution >= 4 is 11.6 Å². The van der Waals surface area contributed by atoms with Crippen molar-refractivity contribution in [3.8, 4) is 11.3 Å². The number of hydrogen-bond acceptors (Lipinski definition) is 3. The molecule has 0 atom stereocenters. The molecule has 0 unspecified atom stereocenters. The van der Waals surface area contributed by atoms with Gasteiger partial charge in [-0.05, 0) is 42.8 Å². The van der Waals surface area contributed by atoms with Crippen LogP contribution >= 0.6 is 11.6 Å². The summed E-state index contributed by atoms with van der Waals surface area (Å²) >= 11 is 6.15. The Morgan fingerprint density at radius 2 is 1.82 bits per heavy atom. The minimum absolute atomic E-state index is 0. The molecule has 2 aromatic heterocycles. The predicted octanol–water partition coefficient (Wildman–Crippen LogP) is 1.80. The van der Waals surface area contributed by atoms with Gasteiger partial charge in [0.05, 0.1) is 19.4 Å². The molecule has 3 nitrogen and oxygen atoms in total. The molecule has 0 saturated heterocycles. The number of halogens is 2. The maximum Gasteiger partial charge on any atom is 0.134 e. The van der Waals surface area contributed by atoms with Crippen molar-refractivity contribution < 1.29 is 21.2 Å². The monoisotopic (exact) mass is 336 g/mol. The van der Waals surface area contributed by atoms with Crippen molar-refractivity contribution in [1.29, 1.82) is 0 Å². The largest absolute Gasteiger partial charge is 1.00 e. The van der Waals surface area contributed by atoms with Gasteiger partial charge in [0.2, 0.25) is 0 Å². The highest BCUT2D eigenvalue weighted by Gasteiger charge is 2.09. The average Bonchev–Trinajstić information content (AvgIpc) is 3.14. The fourth-order valence-corrected chi connectivity index (χ4v) is 2.39. The molecular weight excluding hydrogens is 321 g/mol. The van der Waals surface area contributed by atoms with Gasteiger partial charge in [0.1, 0.15) is 17.3 Å². The van der Waals surface area contributed by atoms with Crippen LogP contribution in [0, 0.1) is 6.92 Å². The summed E-state index contributed by atoms with van der Waals surface area (Å²) in [6.45, 7) is 3.33. The van der Waals surface area contributed by atoms with Crippen molar-refractivity contribution in [2.45, 2.75) is 20.0 Å². The molecule has 1 N–H and O–H groups in total. The van der Waals surface area contributed by atoms with Crippen LogP contribution < -0.4 is 17.7 Å². The van der Waals surface area contributed by atoms with E-state index >= 15 is 0 Å². The van der Waals surface area contributed by atoms with Crippen LogP contribution in [0.4, 0.5) is 0 Å². The summed E-state index contributed by atoms with van der Waals surface area (Å²) in [5, 5.41) is 4.03. The molecule has 3 rings (SSSR count). The van der Waals surface area contributed by atoms with Crippen molar-refractivity contribution in [1.82, 2.24) is 5.32 Å². The van der Waals surface area contributed by atoms with Crippen LogP contribution in [-0.2, 0) is 13.1 Å². The van der Waals surface area contributed by atoms with Crippen molar-refractivity contribution in [3.05, 3.63) is 70.8 Å². The summed E-state index contributed by atoms with van der Waals surface area (Å²) in [6, 6.07) is 13.6. The second-order valence-electron chi connectivity index (χ2n) is 4.86. The van der Waals surface area contributed by atoms with E-state index in [0.717, 1.165) is 33.4 Å². The Hall–Kier alpha value is -1.68. The van der Waals surface area contributed by atoms with Gasteiger partial charge in [-0.25, -0.2) is 0 Å². The Labute approximate surface area is 140 Å². The van der Waals surface area contributed by atoms with E-state index in [9.17, 15) is 0 Å². The lowest BCUT2D eigenvalue weighted by atomic mass is 10.1. The van der Waals surface area contributed by atoms with E-state index in [1.807, 2.05) is 49.4 Å². The molecular formula is C17H16Cl2NO2-. The topological polar surface area (TPSA) is 38.3 Å². The minimum atomic E-state index is 0. The first-order valence-electron chi connectivity index (χ1n) is 6.81. The van der Waals surface area contributed by atoms with Gasteiger partial charge >= 0.3 is 0 Å². The first kappa shape index (κ1) is 16.7. The summed E-state index contributed by atoms with van der Waals surface area (Å²) in [7, 11) is 0. The smallest absolute Gasteiger partial charge is 0.134 e. The highest BCUT2D eigenvalue weighted by Crippen LogP contribution is 2.29. The highest BCUT2D eigenvalue weighted by atomic mass is 35.5. The summed E-state index contributed by atoms with van der Waals surface area (Å²) < 4.78 is 11.1. The Morgan fingerprint density at radius 3 is 2.59 bits per heavy atom. The maximum atomic E-state index is 6.15. The lowest BCUT2D eigenvalue weighted by molar-refractivity contribution is -0.00000530. The molecule has 22 heavy (non-hydrogen) atoms. The molecule has 2 heterocycles. The molecule has 0 saturated carbocycles. The number of benzene rings is 1. The molecule has 0 amide bonds. The normalized spacial score (nSPS) is 10.5. The second kappa shape index (κ2) is 7.54. The van der Waals surface area contributed by atoms with Gasteiger partial charge in [0.25, 0.3) is 0 Å². The van der Waals surface area contributed by atoms with Crippen LogP contribution in [0.3, 0.4) is 0 Å². The van der Waals surface area contributed by atoms with Crippen LogP contribution in [-0.4, -0.2) is 0 Å². The minimum Gasteiger partial charge on any atom is -1.00 e. The third kappa shape index (κ3) is 3.74. The van der Waals surface area contributed by atoms with E-state index in [-0.39, 0.29) is 12.4 Å². The second-order valence-corrected chi connectivity index (χ2v) is 5.27. The Bertz CT molecular complexity index is 720. The van der Waals surface area contributed by atoms with Crippen LogP contribution in [0.1, 0.15) is 17.1 Å². The van der Waals surface area contributed by atoms with E-state index in [1.165, 1.54) is 0 Å². The predicted molar refractivity (Wildman–Crippen MR) is 83.1 cm³/mol. The Kier molecular flexibility index (Phi) is 5.72. The van der Waals surface area contributed by atoms with Gasteiger partial charge in [-0.3, -0.25) is 0 Å². The van der Waals surface area contributed by atoms with Crippen LogP contribution in [0.15, 0.2) is 57.6 Å². The molecule has 0 aliphatic heterocycles. The van der Waals surface area contributed by atoms with Gasteiger partial charge in [0.15, 0.2) is 0 Å². The summed E-state index contributed by atoms with van der Waals surface area (Å²) in [6.07, 6.45) is 1.67. The molecule has 116 valence electrons. The van der Waals surface area contributed by atoms with Gasteiger partial charge in [-0.2, -0.15) is 0 Å².